The third-order valence-corrected chi connectivity index (χ3v) is 4.68. The van der Waals surface area contributed by atoms with Crippen LogP contribution < -0.4 is 10.1 Å². The highest BCUT2D eigenvalue weighted by Gasteiger charge is 2.39. The Balaban J connectivity index is 1.62. The summed E-state index contributed by atoms with van der Waals surface area (Å²) in [5.74, 6) is 2.70. The van der Waals surface area contributed by atoms with Gasteiger partial charge in [-0.25, -0.2) is 0 Å². The summed E-state index contributed by atoms with van der Waals surface area (Å²) < 4.78 is 5.42. The van der Waals surface area contributed by atoms with Gasteiger partial charge in [0.05, 0.1) is 6.61 Å². The van der Waals surface area contributed by atoms with Gasteiger partial charge >= 0.3 is 0 Å². The predicted molar refractivity (Wildman–Crippen MR) is 75.4 cm³/mol. The maximum Gasteiger partial charge on any atom is 0.162 e. The van der Waals surface area contributed by atoms with E-state index in [0.717, 1.165) is 23.9 Å². The maximum atomic E-state index is 10.2. The molecule has 3 heteroatoms. The van der Waals surface area contributed by atoms with E-state index in [0.29, 0.717) is 24.1 Å². The average molecular weight is 261 g/mol. The minimum atomic E-state index is 0.292. The number of rotatable bonds is 5. The number of aromatic hydroxyl groups is 1. The molecule has 1 aromatic rings. The molecule has 2 saturated carbocycles. The Morgan fingerprint density at radius 1 is 1.32 bits per heavy atom. The average Bonchev–Trinajstić information content (AvgIpc) is 3.02. The standard InChI is InChI=1S/C16H23NO2/c1-2-19-15-5-3-4-13(16(15)18)10-17-14-9-11-6-7-12(14)8-11/h3-5,11-12,14,17-18H,2,6-10H2,1H3. The van der Waals surface area contributed by atoms with Crippen LogP contribution in [0.15, 0.2) is 18.2 Å². The van der Waals surface area contributed by atoms with Crippen molar-refractivity contribution < 1.29 is 9.84 Å². The molecule has 0 aliphatic heterocycles. The first-order valence-electron chi connectivity index (χ1n) is 7.45. The third-order valence-electron chi connectivity index (χ3n) is 4.68. The van der Waals surface area contributed by atoms with Gasteiger partial charge in [-0.1, -0.05) is 18.6 Å². The van der Waals surface area contributed by atoms with Gasteiger partial charge in [-0.3, -0.25) is 0 Å². The summed E-state index contributed by atoms with van der Waals surface area (Å²) in [5, 5.41) is 13.8. The van der Waals surface area contributed by atoms with Gasteiger partial charge < -0.3 is 15.2 Å². The van der Waals surface area contributed by atoms with E-state index in [1.54, 1.807) is 0 Å². The SMILES string of the molecule is CCOc1cccc(CNC2CC3CCC2C3)c1O. The summed E-state index contributed by atoms with van der Waals surface area (Å²) in [7, 11) is 0. The normalized spacial score (nSPS) is 28.8. The highest BCUT2D eigenvalue weighted by molar-refractivity contribution is 5.45. The number of ether oxygens (including phenoxy) is 1. The van der Waals surface area contributed by atoms with Crippen LogP contribution in [0.2, 0.25) is 0 Å². The molecule has 1 aromatic carbocycles. The Morgan fingerprint density at radius 3 is 2.89 bits per heavy atom. The van der Waals surface area contributed by atoms with Crippen molar-refractivity contribution in [2.24, 2.45) is 11.8 Å². The number of para-hydroxylation sites is 1. The van der Waals surface area contributed by atoms with Crippen LogP contribution in [0.25, 0.3) is 0 Å². The van der Waals surface area contributed by atoms with Crippen molar-refractivity contribution in [3.63, 3.8) is 0 Å². The zero-order valence-corrected chi connectivity index (χ0v) is 11.6. The predicted octanol–water partition coefficient (Wildman–Crippen LogP) is 3.07. The fourth-order valence-corrected chi connectivity index (χ4v) is 3.72. The van der Waals surface area contributed by atoms with Gasteiger partial charge in [-0.15, -0.1) is 0 Å². The van der Waals surface area contributed by atoms with Crippen molar-refractivity contribution in [2.75, 3.05) is 6.61 Å². The molecule has 0 radical (unpaired) electrons. The van der Waals surface area contributed by atoms with Crippen molar-refractivity contribution in [3.8, 4) is 11.5 Å². The second-order valence-electron chi connectivity index (χ2n) is 5.86. The van der Waals surface area contributed by atoms with Gasteiger partial charge in [0.2, 0.25) is 0 Å². The molecule has 2 aliphatic rings. The van der Waals surface area contributed by atoms with E-state index >= 15 is 0 Å². The number of phenols is 1. The molecular weight excluding hydrogens is 238 g/mol. The Labute approximate surface area is 115 Å². The zero-order chi connectivity index (χ0) is 13.2. The second kappa shape index (κ2) is 5.41. The van der Waals surface area contributed by atoms with Crippen LogP contribution in [0.3, 0.4) is 0 Å². The summed E-state index contributed by atoms with van der Waals surface area (Å²) in [6, 6.07) is 6.38. The lowest BCUT2D eigenvalue weighted by Gasteiger charge is -2.23. The van der Waals surface area contributed by atoms with Gasteiger partial charge in [-0.05, 0) is 44.1 Å². The first-order valence-corrected chi connectivity index (χ1v) is 7.45. The van der Waals surface area contributed by atoms with Crippen LogP contribution in [0.4, 0.5) is 0 Å². The topological polar surface area (TPSA) is 41.5 Å². The number of nitrogens with one attached hydrogen (secondary N) is 1. The molecule has 2 aliphatic carbocycles. The largest absolute Gasteiger partial charge is 0.504 e. The van der Waals surface area contributed by atoms with Crippen LogP contribution in [-0.4, -0.2) is 17.8 Å². The van der Waals surface area contributed by atoms with Crippen LogP contribution in [0, 0.1) is 11.8 Å². The Kier molecular flexibility index (Phi) is 3.65. The smallest absolute Gasteiger partial charge is 0.162 e. The molecule has 0 heterocycles. The van der Waals surface area contributed by atoms with E-state index in [1.807, 2.05) is 25.1 Å². The Bertz CT molecular complexity index is 446. The van der Waals surface area contributed by atoms with Crippen molar-refractivity contribution in [1.82, 2.24) is 5.32 Å². The molecule has 19 heavy (non-hydrogen) atoms. The molecular formula is C16H23NO2. The van der Waals surface area contributed by atoms with E-state index in [9.17, 15) is 5.11 Å². The quantitative estimate of drug-likeness (QED) is 0.856. The van der Waals surface area contributed by atoms with Crippen molar-refractivity contribution >= 4 is 0 Å². The highest BCUT2D eigenvalue weighted by atomic mass is 16.5. The fourth-order valence-electron chi connectivity index (χ4n) is 3.72. The summed E-state index contributed by atoms with van der Waals surface area (Å²) in [5.41, 5.74) is 0.939. The van der Waals surface area contributed by atoms with E-state index < -0.39 is 0 Å². The summed E-state index contributed by atoms with van der Waals surface area (Å²) in [6.45, 7) is 3.25. The van der Waals surface area contributed by atoms with E-state index in [2.05, 4.69) is 5.32 Å². The molecule has 2 N–H and O–H groups in total. The van der Waals surface area contributed by atoms with Crippen molar-refractivity contribution in [3.05, 3.63) is 23.8 Å². The molecule has 2 fully saturated rings. The maximum absolute atomic E-state index is 10.2. The summed E-state index contributed by atoms with van der Waals surface area (Å²) in [6.07, 6.45) is 5.53. The minimum Gasteiger partial charge on any atom is -0.504 e. The first-order chi connectivity index (χ1) is 9.28. The molecule has 3 atom stereocenters. The molecule has 2 bridgehead atoms. The molecule has 104 valence electrons. The highest BCUT2D eigenvalue weighted by Crippen LogP contribution is 2.44. The molecule has 0 aromatic heterocycles. The molecule has 0 saturated heterocycles. The van der Waals surface area contributed by atoms with Crippen LogP contribution in [-0.2, 0) is 6.54 Å². The van der Waals surface area contributed by atoms with E-state index in [1.165, 1.54) is 25.7 Å². The lowest BCUT2D eigenvalue weighted by atomic mass is 9.95. The first kappa shape index (κ1) is 12.8. The monoisotopic (exact) mass is 261 g/mol. The van der Waals surface area contributed by atoms with Gasteiger partial charge in [-0.2, -0.15) is 0 Å². The third kappa shape index (κ3) is 2.57. The van der Waals surface area contributed by atoms with Crippen LogP contribution in [0.5, 0.6) is 11.5 Å². The summed E-state index contributed by atoms with van der Waals surface area (Å²) in [4.78, 5) is 0. The number of fused-ring (bicyclic) bond motifs is 2. The second-order valence-corrected chi connectivity index (χ2v) is 5.86. The van der Waals surface area contributed by atoms with E-state index in [4.69, 9.17) is 4.74 Å². The Morgan fingerprint density at radius 2 is 2.21 bits per heavy atom. The van der Waals surface area contributed by atoms with Crippen LogP contribution in [0.1, 0.15) is 38.2 Å². The number of hydrogen-bond donors (Lipinski definition) is 2. The van der Waals surface area contributed by atoms with Gasteiger partial charge in [0.1, 0.15) is 0 Å². The summed E-state index contributed by atoms with van der Waals surface area (Å²) >= 11 is 0. The van der Waals surface area contributed by atoms with Gasteiger partial charge in [0.15, 0.2) is 11.5 Å². The molecule has 0 spiro atoms. The number of hydrogen-bond acceptors (Lipinski definition) is 3. The van der Waals surface area contributed by atoms with Crippen molar-refractivity contribution in [2.45, 2.75) is 45.2 Å². The zero-order valence-electron chi connectivity index (χ0n) is 11.6. The number of benzene rings is 1. The lowest BCUT2D eigenvalue weighted by molar-refractivity contribution is 0.313. The van der Waals surface area contributed by atoms with Gasteiger partial charge in [0, 0.05) is 18.2 Å². The lowest BCUT2D eigenvalue weighted by Crippen LogP contribution is -2.33. The molecule has 3 unspecified atom stereocenters. The van der Waals surface area contributed by atoms with E-state index in [-0.39, 0.29) is 0 Å². The Hall–Kier alpha value is -1.22. The number of phenolic OH excluding ortho intramolecular Hbond substituents is 1. The van der Waals surface area contributed by atoms with Gasteiger partial charge in [0.25, 0.3) is 0 Å². The van der Waals surface area contributed by atoms with Crippen LogP contribution >= 0.6 is 0 Å². The molecule has 3 rings (SSSR count). The molecule has 3 nitrogen and oxygen atoms in total. The fraction of sp³-hybridized carbons (Fsp3) is 0.625. The molecule has 0 amide bonds. The van der Waals surface area contributed by atoms with Crippen molar-refractivity contribution in [1.29, 1.82) is 0 Å². The minimum absolute atomic E-state index is 0.292.